The highest BCUT2D eigenvalue weighted by molar-refractivity contribution is 9.10. The number of aromatic hydroxyl groups is 1. The van der Waals surface area contributed by atoms with Crippen LogP contribution in [0.25, 0.3) is 0 Å². The highest BCUT2D eigenvalue weighted by Crippen LogP contribution is 2.23. The molecule has 0 aliphatic heterocycles. The van der Waals surface area contributed by atoms with Crippen LogP contribution in [0.15, 0.2) is 22.7 Å². The van der Waals surface area contributed by atoms with Crippen molar-refractivity contribution in [1.82, 2.24) is 0 Å². The largest absolute Gasteiger partial charge is 0.507 e. The van der Waals surface area contributed by atoms with Gasteiger partial charge in [-0.15, -0.1) is 0 Å². The number of carbonyl (C=O) groups excluding carboxylic acids is 2. The molecule has 0 aromatic heterocycles. The minimum Gasteiger partial charge on any atom is -0.507 e. The van der Waals surface area contributed by atoms with Crippen LogP contribution in [0.3, 0.4) is 0 Å². The molecule has 1 aromatic carbocycles. The third-order valence-corrected chi connectivity index (χ3v) is 2.51. The average Bonchev–Trinajstić information content (AvgIpc) is 2.17. The zero-order valence-corrected chi connectivity index (χ0v) is 9.87. The number of carbonyl (C=O) groups is 2. The Hall–Kier alpha value is -1.16. The summed E-state index contributed by atoms with van der Waals surface area (Å²) in [7, 11) is 0. The van der Waals surface area contributed by atoms with Gasteiger partial charge >= 0.3 is 0 Å². The first-order valence-electron chi connectivity index (χ1n) is 4.58. The van der Waals surface area contributed by atoms with Crippen LogP contribution in [0.4, 0.5) is 0 Å². The molecule has 0 saturated carbocycles. The highest BCUT2D eigenvalue weighted by atomic mass is 79.9. The fraction of sp³-hybridized carbons (Fsp3) is 0.273. The summed E-state index contributed by atoms with van der Waals surface area (Å²) in [6.07, 6.45) is 0.189. The summed E-state index contributed by atoms with van der Waals surface area (Å²) in [6.45, 7) is 1.71. The maximum atomic E-state index is 11.5. The summed E-state index contributed by atoms with van der Waals surface area (Å²) in [5.74, 6) is -0.563. The van der Waals surface area contributed by atoms with Crippen molar-refractivity contribution in [2.45, 2.75) is 19.8 Å². The van der Waals surface area contributed by atoms with E-state index in [9.17, 15) is 14.7 Å². The van der Waals surface area contributed by atoms with Crippen molar-refractivity contribution in [2.24, 2.45) is 0 Å². The van der Waals surface area contributed by atoms with E-state index in [2.05, 4.69) is 15.9 Å². The summed E-state index contributed by atoms with van der Waals surface area (Å²) in [6, 6.07) is 4.59. The van der Waals surface area contributed by atoms with Gasteiger partial charge < -0.3 is 5.11 Å². The normalized spacial score (nSPS) is 10.0. The predicted octanol–water partition coefficient (Wildman–Crippen LogP) is 2.71. The van der Waals surface area contributed by atoms with Gasteiger partial charge in [-0.05, 0) is 18.2 Å². The molecule has 0 aliphatic carbocycles. The van der Waals surface area contributed by atoms with Crippen molar-refractivity contribution in [1.29, 1.82) is 0 Å². The first-order chi connectivity index (χ1) is 7.04. The van der Waals surface area contributed by atoms with Crippen LogP contribution in [0.5, 0.6) is 5.75 Å². The Morgan fingerprint density at radius 2 is 2.07 bits per heavy atom. The molecule has 15 heavy (non-hydrogen) atoms. The molecule has 0 heterocycles. The lowest BCUT2D eigenvalue weighted by Gasteiger charge is -2.03. The molecule has 0 unspecified atom stereocenters. The van der Waals surface area contributed by atoms with E-state index in [0.29, 0.717) is 10.9 Å². The maximum Gasteiger partial charge on any atom is 0.173 e. The molecule has 1 N–H and O–H groups in total. The number of rotatable bonds is 4. The molecule has 1 aromatic rings. The summed E-state index contributed by atoms with van der Waals surface area (Å²) in [5, 5.41) is 9.49. The SMILES string of the molecule is CCC(=O)CC(=O)c1ccc(Br)cc1O. The third kappa shape index (κ3) is 3.16. The Morgan fingerprint density at radius 1 is 1.40 bits per heavy atom. The molecular formula is C11H11BrO3. The summed E-state index contributed by atoms with van der Waals surface area (Å²) >= 11 is 3.17. The van der Waals surface area contributed by atoms with Crippen molar-refractivity contribution in [3.8, 4) is 5.75 Å². The second kappa shape index (κ2) is 5.07. The molecule has 0 atom stereocenters. The molecule has 4 heteroatoms. The molecule has 0 spiro atoms. The van der Waals surface area contributed by atoms with Gasteiger partial charge in [0.15, 0.2) is 5.78 Å². The van der Waals surface area contributed by atoms with Crippen LogP contribution in [-0.4, -0.2) is 16.7 Å². The number of hydrogen-bond donors (Lipinski definition) is 1. The minimum absolute atomic E-state index is 0.0988. The van der Waals surface area contributed by atoms with E-state index in [4.69, 9.17) is 0 Å². The lowest BCUT2D eigenvalue weighted by atomic mass is 10.0. The fourth-order valence-electron chi connectivity index (χ4n) is 1.14. The fourth-order valence-corrected chi connectivity index (χ4v) is 1.49. The number of ketones is 2. The van der Waals surface area contributed by atoms with Crippen LogP contribution < -0.4 is 0 Å². The van der Waals surface area contributed by atoms with E-state index < -0.39 is 0 Å². The molecule has 0 radical (unpaired) electrons. The van der Waals surface area contributed by atoms with Gasteiger partial charge in [0.2, 0.25) is 0 Å². The number of Topliss-reactive ketones (excluding diaryl/α,β-unsaturated/α-hetero) is 2. The molecule has 0 saturated heterocycles. The predicted molar refractivity (Wildman–Crippen MR) is 60.1 cm³/mol. The van der Waals surface area contributed by atoms with Crippen molar-refractivity contribution in [2.75, 3.05) is 0 Å². The highest BCUT2D eigenvalue weighted by Gasteiger charge is 2.14. The molecule has 3 nitrogen and oxygen atoms in total. The second-order valence-electron chi connectivity index (χ2n) is 3.15. The standard InChI is InChI=1S/C11H11BrO3/c1-2-8(13)6-11(15)9-4-3-7(12)5-10(9)14/h3-5,14H,2,6H2,1H3. The van der Waals surface area contributed by atoms with Gasteiger partial charge in [-0.2, -0.15) is 0 Å². The van der Waals surface area contributed by atoms with Crippen LogP contribution in [0.1, 0.15) is 30.1 Å². The smallest absolute Gasteiger partial charge is 0.173 e. The van der Waals surface area contributed by atoms with Gasteiger partial charge in [0, 0.05) is 10.9 Å². The van der Waals surface area contributed by atoms with Crippen LogP contribution in [0, 0.1) is 0 Å². The molecule has 0 fully saturated rings. The van der Waals surface area contributed by atoms with Gasteiger partial charge in [-0.25, -0.2) is 0 Å². The van der Waals surface area contributed by atoms with Crippen molar-refractivity contribution in [3.63, 3.8) is 0 Å². The van der Waals surface area contributed by atoms with Crippen molar-refractivity contribution < 1.29 is 14.7 Å². The topological polar surface area (TPSA) is 54.4 Å². The van der Waals surface area contributed by atoms with E-state index in [1.807, 2.05) is 0 Å². The lowest BCUT2D eigenvalue weighted by molar-refractivity contribution is -0.117. The third-order valence-electron chi connectivity index (χ3n) is 2.01. The Balaban J connectivity index is 2.87. The second-order valence-corrected chi connectivity index (χ2v) is 4.07. The van der Waals surface area contributed by atoms with Crippen LogP contribution >= 0.6 is 15.9 Å². The quantitative estimate of drug-likeness (QED) is 0.676. The lowest BCUT2D eigenvalue weighted by Crippen LogP contribution is -2.07. The number of phenolic OH excluding ortho intramolecular Hbond substituents is 1. The number of halogens is 1. The van der Waals surface area contributed by atoms with E-state index in [1.54, 1.807) is 13.0 Å². The first kappa shape index (κ1) is 11.9. The molecule has 0 amide bonds. The van der Waals surface area contributed by atoms with Gasteiger partial charge in [0.1, 0.15) is 11.5 Å². The Kier molecular flexibility index (Phi) is 4.03. The van der Waals surface area contributed by atoms with Gasteiger partial charge in [0.25, 0.3) is 0 Å². The summed E-state index contributed by atoms with van der Waals surface area (Å²) in [4.78, 5) is 22.6. The number of phenols is 1. The first-order valence-corrected chi connectivity index (χ1v) is 5.37. The number of hydrogen-bond acceptors (Lipinski definition) is 3. The number of benzene rings is 1. The van der Waals surface area contributed by atoms with Gasteiger partial charge in [0.05, 0.1) is 12.0 Å². The molecule has 80 valence electrons. The summed E-state index contributed by atoms with van der Waals surface area (Å²) < 4.78 is 0.693. The van der Waals surface area contributed by atoms with Crippen molar-refractivity contribution >= 4 is 27.5 Å². The molecule has 1 rings (SSSR count). The van der Waals surface area contributed by atoms with Crippen LogP contribution in [-0.2, 0) is 4.79 Å². The van der Waals surface area contributed by atoms with Crippen LogP contribution in [0.2, 0.25) is 0 Å². The zero-order chi connectivity index (χ0) is 11.4. The Morgan fingerprint density at radius 3 is 2.60 bits per heavy atom. The summed E-state index contributed by atoms with van der Waals surface area (Å²) in [5.41, 5.74) is 0.194. The Labute approximate surface area is 96.2 Å². The average molecular weight is 271 g/mol. The minimum atomic E-state index is -0.341. The van der Waals surface area contributed by atoms with Crippen molar-refractivity contribution in [3.05, 3.63) is 28.2 Å². The van der Waals surface area contributed by atoms with E-state index in [-0.39, 0.29) is 29.3 Å². The molecular weight excluding hydrogens is 260 g/mol. The van der Waals surface area contributed by atoms with E-state index in [0.717, 1.165) is 0 Å². The zero-order valence-electron chi connectivity index (χ0n) is 8.29. The van der Waals surface area contributed by atoms with Gasteiger partial charge in [-0.3, -0.25) is 9.59 Å². The van der Waals surface area contributed by atoms with E-state index >= 15 is 0 Å². The molecule has 0 aliphatic rings. The Bertz CT molecular complexity index is 399. The maximum absolute atomic E-state index is 11.5. The monoisotopic (exact) mass is 270 g/mol. The molecule has 0 bridgehead atoms. The van der Waals surface area contributed by atoms with E-state index in [1.165, 1.54) is 12.1 Å². The van der Waals surface area contributed by atoms with Gasteiger partial charge in [-0.1, -0.05) is 22.9 Å².